The number of para-hydroxylation sites is 1. The fourth-order valence-electron chi connectivity index (χ4n) is 1.80. The Balaban J connectivity index is 2.67. The largest absolute Gasteiger partial charge is 0.496 e. The molecule has 0 atom stereocenters. The van der Waals surface area contributed by atoms with Gasteiger partial charge in [0.05, 0.1) is 26.7 Å². The molecule has 0 aliphatic heterocycles. The molecule has 1 aromatic rings. The van der Waals surface area contributed by atoms with Gasteiger partial charge < -0.3 is 25.2 Å². The highest BCUT2D eigenvalue weighted by molar-refractivity contribution is 5.75. The van der Waals surface area contributed by atoms with E-state index < -0.39 is 12.0 Å². The van der Waals surface area contributed by atoms with Crippen LogP contribution in [0.4, 0.5) is 4.79 Å². The number of hydrogen-bond acceptors (Lipinski definition) is 4. The second-order valence-electron chi connectivity index (χ2n) is 4.33. The van der Waals surface area contributed by atoms with Crippen LogP contribution in [0.5, 0.6) is 5.75 Å². The van der Waals surface area contributed by atoms with Gasteiger partial charge in [-0.15, -0.1) is 0 Å². The minimum Gasteiger partial charge on any atom is -0.496 e. The molecule has 0 saturated heterocycles. The summed E-state index contributed by atoms with van der Waals surface area (Å²) < 4.78 is 5.22. The van der Waals surface area contributed by atoms with E-state index in [2.05, 4.69) is 5.32 Å². The SMILES string of the molecule is COc1ccccc1CN(CCO)C(=O)NCCC(=O)O. The number of methoxy groups -OCH3 is 1. The van der Waals surface area contributed by atoms with Gasteiger partial charge in [0.25, 0.3) is 0 Å². The lowest BCUT2D eigenvalue weighted by atomic mass is 10.2. The predicted octanol–water partition coefficient (Wildman–Crippen LogP) is 0.674. The summed E-state index contributed by atoms with van der Waals surface area (Å²) in [5.74, 6) is -0.326. The number of nitrogens with zero attached hydrogens (tertiary/aromatic N) is 1. The van der Waals surface area contributed by atoms with Crippen molar-refractivity contribution < 1.29 is 24.5 Å². The maximum absolute atomic E-state index is 12.0. The summed E-state index contributed by atoms with van der Waals surface area (Å²) in [6.45, 7) is 0.282. The molecule has 1 aromatic carbocycles. The van der Waals surface area contributed by atoms with E-state index >= 15 is 0 Å². The van der Waals surface area contributed by atoms with Crippen LogP contribution >= 0.6 is 0 Å². The van der Waals surface area contributed by atoms with Crippen molar-refractivity contribution in [2.45, 2.75) is 13.0 Å². The summed E-state index contributed by atoms with van der Waals surface area (Å²) in [6.07, 6.45) is -0.145. The molecule has 7 nitrogen and oxygen atoms in total. The van der Waals surface area contributed by atoms with Crippen LogP contribution in [0.3, 0.4) is 0 Å². The molecule has 0 radical (unpaired) electrons. The van der Waals surface area contributed by atoms with Gasteiger partial charge in [0.1, 0.15) is 5.75 Å². The van der Waals surface area contributed by atoms with E-state index in [4.69, 9.17) is 14.9 Å². The molecular formula is C14H20N2O5. The summed E-state index contributed by atoms with van der Waals surface area (Å²) in [6, 6.07) is 6.85. The summed E-state index contributed by atoms with van der Waals surface area (Å²) in [4.78, 5) is 23.8. The number of amides is 2. The fourth-order valence-corrected chi connectivity index (χ4v) is 1.80. The first kappa shape index (κ1) is 16.8. The Morgan fingerprint density at radius 2 is 2.05 bits per heavy atom. The first-order valence-electron chi connectivity index (χ1n) is 6.55. The first-order chi connectivity index (χ1) is 10.1. The van der Waals surface area contributed by atoms with Crippen molar-refractivity contribution in [3.63, 3.8) is 0 Å². The summed E-state index contributed by atoms with van der Waals surface area (Å²) >= 11 is 0. The van der Waals surface area contributed by atoms with Crippen LogP contribution in [0.25, 0.3) is 0 Å². The Morgan fingerprint density at radius 3 is 2.67 bits per heavy atom. The van der Waals surface area contributed by atoms with Crippen LogP contribution in [-0.4, -0.2) is 53.9 Å². The molecular weight excluding hydrogens is 276 g/mol. The number of hydrogen-bond donors (Lipinski definition) is 3. The Bertz CT molecular complexity index is 478. The van der Waals surface area contributed by atoms with Gasteiger partial charge in [0.15, 0.2) is 0 Å². The van der Waals surface area contributed by atoms with Crippen molar-refractivity contribution in [1.82, 2.24) is 10.2 Å². The number of benzene rings is 1. The van der Waals surface area contributed by atoms with Gasteiger partial charge in [0.2, 0.25) is 0 Å². The van der Waals surface area contributed by atoms with Crippen molar-refractivity contribution in [3.8, 4) is 5.75 Å². The molecule has 0 bridgehead atoms. The highest BCUT2D eigenvalue weighted by Gasteiger charge is 2.15. The lowest BCUT2D eigenvalue weighted by Crippen LogP contribution is -2.41. The van der Waals surface area contributed by atoms with Crippen LogP contribution < -0.4 is 10.1 Å². The molecule has 21 heavy (non-hydrogen) atoms. The predicted molar refractivity (Wildman–Crippen MR) is 76.1 cm³/mol. The van der Waals surface area contributed by atoms with Gasteiger partial charge in [-0.25, -0.2) is 4.79 Å². The number of carbonyl (C=O) groups excluding carboxylic acids is 1. The van der Waals surface area contributed by atoms with Crippen molar-refractivity contribution in [1.29, 1.82) is 0 Å². The highest BCUT2D eigenvalue weighted by Crippen LogP contribution is 2.19. The minimum absolute atomic E-state index is 0.0437. The molecule has 1 rings (SSSR count). The number of aliphatic carboxylic acids is 1. The number of carboxylic acids is 1. The quantitative estimate of drug-likeness (QED) is 0.655. The average Bonchev–Trinajstić information content (AvgIpc) is 2.46. The molecule has 116 valence electrons. The lowest BCUT2D eigenvalue weighted by molar-refractivity contribution is -0.136. The lowest BCUT2D eigenvalue weighted by Gasteiger charge is -2.23. The van der Waals surface area contributed by atoms with Gasteiger partial charge in [-0.2, -0.15) is 0 Å². The third kappa shape index (κ3) is 5.70. The summed E-state index contributed by atoms with van der Waals surface area (Å²) in [5.41, 5.74) is 0.807. The van der Waals surface area contributed by atoms with E-state index in [1.807, 2.05) is 18.2 Å². The number of carbonyl (C=O) groups is 2. The smallest absolute Gasteiger partial charge is 0.317 e. The zero-order chi connectivity index (χ0) is 15.7. The van der Waals surface area contributed by atoms with Crippen LogP contribution in [0.2, 0.25) is 0 Å². The Labute approximate surface area is 123 Å². The van der Waals surface area contributed by atoms with Crippen molar-refractivity contribution in [2.24, 2.45) is 0 Å². The maximum Gasteiger partial charge on any atom is 0.317 e. The standard InChI is InChI=1S/C14H20N2O5/c1-21-12-5-3-2-4-11(12)10-16(8-9-17)14(20)15-7-6-13(18)19/h2-5,17H,6-10H2,1H3,(H,15,20)(H,18,19). The van der Waals surface area contributed by atoms with Gasteiger partial charge in [0, 0.05) is 18.7 Å². The zero-order valence-electron chi connectivity index (χ0n) is 11.9. The molecule has 0 aliphatic rings. The van der Waals surface area contributed by atoms with E-state index in [0.29, 0.717) is 5.75 Å². The molecule has 0 aliphatic carbocycles. The molecule has 2 amide bonds. The fraction of sp³-hybridized carbons (Fsp3) is 0.429. The van der Waals surface area contributed by atoms with E-state index in [1.165, 1.54) is 4.90 Å². The number of aliphatic hydroxyl groups excluding tert-OH is 1. The molecule has 0 saturated carbocycles. The number of rotatable bonds is 8. The number of nitrogens with one attached hydrogen (secondary N) is 1. The van der Waals surface area contributed by atoms with E-state index in [9.17, 15) is 9.59 Å². The summed E-state index contributed by atoms with van der Waals surface area (Å²) in [7, 11) is 1.54. The third-order valence-electron chi connectivity index (χ3n) is 2.83. The van der Waals surface area contributed by atoms with E-state index in [0.717, 1.165) is 5.56 Å². The monoisotopic (exact) mass is 296 g/mol. The Hall–Kier alpha value is -2.28. The van der Waals surface area contributed by atoms with Crippen molar-refractivity contribution in [2.75, 3.05) is 26.8 Å². The van der Waals surface area contributed by atoms with E-state index in [1.54, 1.807) is 13.2 Å². The van der Waals surface area contributed by atoms with Gasteiger partial charge in [-0.05, 0) is 6.07 Å². The molecule has 0 aromatic heterocycles. The number of ether oxygens (including phenoxy) is 1. The number of urea groups is 1. The first-order valence-corrected chi connectivity index (χ1v) is 6.55. The summed E-state index contributed by atoms with van der Waals surface area (Å²) in [5, 5.41) is 20.1. The van der Waals surface area contributed by atoms with Gasteiger partial charge in [-0.1, -0.05) is 18.2 Å². The Kier molecular flexibility index (Phi) is 7.03. The normalized spacial score (nSPS) is 10.0. The van der Waals surface area contributed by atoms with Crippen molar-refractivity contribution >= 4 is 12.0 Å². The molecule has 3 N–H and O–H groups in total. The topological polar surface area (TPSA) is 99.1 Å². The molecule has 0 heterocycles. The van der Waals surface area contributed by atoms with Crippen LogP contribution in [-0.2, 0) is 11.3 Å². The molecule has 7 heteroatoms. The maximum atomic E-state index is 12.0. The molecule has 0 fully saturated rings. The number of carboxylic acid groups (broad SMARTS) is 1. The second-order valence-corrected chi connectivity index (χ2v) is 4.33. The van der Waals surface area contributed by atoms with Gasteiger partial charge >= 0.3 is 12.0 Å². The van der Waals surface area contributed by atoms with Crippen LogP contribution in [0, 0.1) is 0 Å². The second kappa shape index (κ2) is 8.80. The average molecular weight is 296 g/mol. The van der Waals surface area contributed by atoms with Crippen LogP contribution in [0.1, 0.15) is 12.0 Å². The van der Waals surface area contributed by atoms with Crippen molar-refractivity contribution in [3.05, 3.63) is 29.8 Å². The Morgan fingerprint density at radius 1 is 1.33 bits per heavy atom. The highest BCUT2D eigenvalue weighted by atomic mass is 16.5. The minimum atomic E-state index is -0.978. The zero-order valence-corrected chi connectivity index (χ0v) is 11.9. The third-order valence-corrected chi connectivity index (χ3v) is 2.83. The van der Waals surface area contributed by atoms with E-state index in [-0.39, 0.29) is 32.7 Å². The number of aliphatic hydroxyl groups is 1. The van der Waals surface area contributed by atoms with Crippen LogP contribution in [0.15, 0.2) is 24.3 Å². The molecule has 0 unspecified atom stereocenters. The van der Waals surface area contributed by atoms with Gasteiger partial charge in [-0.3, -0.25) is 4.79 Å². The molecule has 0 spiro atoms.